The van der Waals surface area contributed by atoms with Crippen LogP contribution in [0.15, 0.2) is 36.4 Å². The van der Waals surface area contributed by atoms with Gasteiger partial charge in [-0.15, -0.1) is 11.3 Å². The molecule has 2 aromatic heterocycles. The van der Waals surface area contributed by atoms with Crippen molar-refractivity contribution in [1.82, 2.24) is 20.4 Å². The topological polar surface area (TPSA) is 59.0 Å². The van der Waals surface area contributed by atoms with Crippen molar-refractivity contribution in [3.05, 3.63) is 47.0 Å². The third kappa shape index (κ3) is 3.27. The SMILES string of the molecule is Cc1nn(-c2ccccc2)c2sc(C(=O)NCC3(C)CCNCC3)cc12. The summed E-state index contributed by atoms with van der Waals surface area (Å²) in [4.78, 5) is 14.5. The number of carbonyl (C=O) groups is 1. The van der Waals surface area contributed by atoms with E-state index >= 15 is 0 Å². The number of fused-ring (bicyclic) bond motifs is 1. The van der Waals surface area contributed by atoms with E-state index in [1.165, 1.54) is 11.3 Å². The second kappa shape index (κ2) is 6.85. The lowest BCUT2D eigenvalue weighted by atomic mass is 9.81. The molecule has 0 spiro atoms. The Hall–Kier alpha value is -2.18. The minimum atomic E-state index is 0.0185. The zero-order chi connectivity index (χ0) is 18.1. The third-order valence-electron chi connectivity index (χ3n) is 5.26. The number of hydrogen-bond donors (Lipinski definition) is 2. The molecule has 1 aliphatic heterocycles. The maximum Gasteiger partial charge on any atom is 0.261 e. The van der Waals surface area contributed by atoms with Gasteiger partial charge in [-0.1, -0.05) is 25.1 Å². The van der Waals surface area contributed by atoms with Crippen LogP contribution in [0.1, 0.15) is 35.1 Å². The quantitative estimate of drug-likeness (QED) is 0.741. The number of thiophene rings is 1. The van der Waals surface area contributed by atoms with E-state index in [9.17, 15) is 4.79 Å². The first-order chi connectivity index (χ1) is 12.6. The Morgan fingerprint density at radius 2 is 2.04 bits per heavy atom. The molecular formula is C20H24N4OS. The summed E-state index contributed by atoms with van der Waals surface area (Å²) in [6, 6.07) is 12.0. The molecule has 5 nitrogen and oxygen atoms in total. The standard InChI is InChI=1S/C20H24N4OS/c1-14-16-12-17(18(25)22-13-20(2)8-10-21-11-9-20)26-19(16)24(23-14)15-6-4-3-5-7-15/h3-7,12,21H,8-11,13H2,1-2H3,(H,22,25). The molecule has 1 saturated heterocycles. The lowest BCUT2D eigenvalue weighted by Crippen LogP contribution is -2.42. The smallest absolute Gasteiger partial charge is 0.261 e. The van der Waals surface area contributed by atoms with Crippen LogP contribution in [0.3, 0.4) is 0 Å². The third-order valence-corrected chi connectivity index (χ3v) is 6.36. The molecule has 0 saturated carbocycles. The van der Waals surface area contributed by atoms with Crippen LogP contribution in [-0.4, -0.2) is 35.3 Å². The van der Waals surface area contributed by atoms with Crippen molar-refractivity contribution in [2.24, 2.45) is 5.41 Å². The van der Waals surface area contributed by atoms with Gasteiger partial charge >= 0.3 is 0 Å². The molecule has 1 fully saturated rings. The largest absolute Gasteiger partial charge is 0.351 e. The maximum absolute atomic E-state index is 12.7. The van der Waals surface area contributed by atoms with Crippen LogP contribution in [0, 0.1) is 12.3 Å². The van der Waals surface area contributed by atoms with E-state index in [4.69, 9.17) is 0 Å². The number of rotatable bonds is 4. The fraction of sp³-hybridized carbons (Fsp3) is 0.400. The molecule has 1 amide bonds. The Kier molecular flexibility index (Phi) is 4.54. The fourth-order valence-electron chi connectivity index (χ4n) is 3.49. The highest BCUT2D eigenvalue weighted by molar-refractivity contribution is 7.20. The number of amides is 1. The summed E-state index contributed by atoms with van der Waals surface area (Å²) >= 11 is 1.51. The van der Waals surface area contributed by atoms with Gasteiger partial charge in [0.2, 0.25) is 0 Å². The number of nitrogens with one attached hydrogen (secondary N) is 2. The zero-order valence-electron chi connectivity index (χ0n) is 15.2. The Morgan fingerprint density at radius 1 is 1.31 bits per heavy atom. The average Bonchev–Trinajstić information content (AvgIpc) is 3.22. The molecule has 1 aromatic carbocycles. The molecule has 2 N–H and O–H groups in total. The van der Waals surface area contributed by atoms with Crippen molar-refractivity contribution in [1.29, 1.82) is 0 Å². The molecule has 3 aromatic rings. The Morgan fingerprint density at radius 3 is 2.77 bits per heavy atom. The molecule has 26 heavy (non-hydrogen) atoms. The lowest BCUT2D eigenvalue weighted by molar-refractivity contribution is 0.0926. The first-order valence-corrected chi connectivity index (χ1v) is 9.91. The minimum Gasteiger partial charge on any atom is -0.351 e. The van der Waals surface area contributed by atoms with Crippen molar-refractivity contribution < 1.29 is 4.79 Å². The second-order valence-electron chi connectivity index (χ2n) is 7.41. The number of aryl methyl sites for hydroxylation is 1. The highest BCUT2D eigenvalue weighted by Crippen LogP contribution is 2.31. The Bertz CT molecular complexity index is 922. The zero-order valence-corrected chi connectivity index (χ0v) is 16.0. The molecule has 3 heterocycles. The van der Waals surface area contributed by atoms with Crippen LogP contribution in [0.4, 0.5) is 0 Å². The van der Waals surface area contributed by atoms with Gasteiger partial charge in [-0.2, -0.15) is 5.10 Å². The van der Waals surface area contributed by atoms with Gasteiger partial charge in [-0.3, -0.25) is 4.79 Å². The summed E-state index contributed by atoms with van der Waals surface area (Å²) in [5, 5.41) is 12.2. The van der Waals surface area contributed by atoms with Crippen molar-refractivity contribution in [2.75, 3.05) is 19.6 Å². The summed E-state index contributed by atoms with van der Waals surface area (Å²) in [7, 11) is 0. The number of carbonyl (C=O) groups excluding carboxylic acids is 1. The van der Waals surface area contributed by atoms with Gasteiger partial charge in [0.25, 0.3) is 5.91 Å². The number of piperidine rings is 1. The average molecular weight is 369 g/mol. The Balaban J connectivity index is 1.56. The van der Waals surface area contributed by atoms with Crippen LogP contribution in [0.2, 0.25) is 0 Å². The molecule has 1 aliphatic rings. The fourth-order valence-corrected chi connectivity index (χ4v) is 4.59. The van der Waals surface area contributed by atoms with E-state index in [1.54, 1.807) is 0 Å². The first kappa shape index (κ1) is 17.2. The normalized spacial score (nSPS) is 16.7. The second-order valence-corrected chi connectivity index (χ2v) is 8.44. The maximum atomic E-state index is 12.7. The summed E-state index contributed by atoms with van der Waals surface area (Å²) in [6.07, 6.45) is 2.20. The van der Waals surface area contributed by atoms with Crippen LogP contribution in [-0.2, 0) is 0 Å². The van der Waals surface area contributed by atoms with Gasteiger partial charge in [0.1, 0.15) is 4.83 Å². The number of para-hydroxylation sites is 1. The van der Waals surface area contributed by atoms with E-state index in [1.807, 2.05) is 48.0 Å². The highest BCUT2D eigenvalue weighted by Gasteiger charge is 2.27. The minimum absolute atomic E-state index is 0.0185. The molecule has 0 unspecified atom stereocenters. The molecule has 4 rings (SSSR count). The van der Waals surface area contributed by atoms with Gasteiger partial charge in [0.05, 0.1) is 16.3 Å². The van der Waals surface area contributed by atoms with Gasteiger partial charge in [0, 0.05) is 11.9 Å². The molecule has 0 radical (unpaired) electrons. The predicted octanol–water partition coefficient (Wildman–Crippen LogP) is 3.51. The van der Waals surface area contributed by atoms with Crippen molar-refractivity contribution in [2.45, 2.75) is 26.7 Å². The molecule has 6 heteroatoms. The summed E-state index contributed by atoms with van der Waals surface area (Å²) in [5.74, 6) is 0.0185. The molecule has 0 atom stereocenters. The van der Waals surface area contributed by atoms with Crippen molar-refractivity contribution in [3.8, 4) is 5.69 Å². The summed E-state index contributed by atoms with van der Waals surface area (Å²) in [5.41, 5.74) is 2.15. The van der Waals surface area contributed by atoms with E-state index in [0.717, 1.165) is 59.0 Å². The number of aromatic nitrogens is 2. The number of benzene rings is 1. The summed E-state index contributed by atoms with van der Waals surface area (Å²) in [6.45, 7) is 7.04. The predicted molar refractivity (Wildman–Crippen MR) is 106 cm³/mol. The monoisotopic (exact) mass is 368 g/mol. The van der Waals surface area contributed by atoms with Crippen molar-refractivity contribution >= 4 is 27.5 Å². The molecule has 136 valence electrons. The van der Waals surface area contributed by atoms with Gasteiger partial charge < -0.3 is 10.6 Å². The van der Waals surface area contributed by atoms with Crippen molar-refractivity contribution in [3.63, 3.8) is 0 Å². The Labute approximate surface area is 157 Å². The van der Waals surface area contributed by atoms with Crippen LogP contribution < -0.4 is 10.6 Å². The lowest BCUT2D eigenvalue weighted by Gasteiger charge is -2.34. The molecule has 0 bridgehead atoms. The summed E-state index contributed by atoms with van der Waals surface area (Å²) < 4.78 is 1.93. The van der Waals surface area contributed by atoms with Gasteiger partial charge in [-0.05, 0) is 56.5 Å². The van der Waals surface area contributed by atoms with E-state index in [2.05, 4.69) is 22.7 Å². The van der Waals surface area contributed by atoms with Gasteiger partial charge in [-0.25, -0.2) is 4.68 Å². The van der Waals surface area contributed by atoms with Gasteiger partial charge in [0.15, 0.2) is 0 Å². The van der Waals surface area contributed by atoms with Crippen LogP contribution in [0.25, 0.3) is 15.9 Å². The first-order valence-electron chi connectivity index (χ1n) is 9.09. The molecule has 0 aliphatic carbocycles. The van der Waals surface area contributed by atoms with Crippen LogP contribution in [0.5, 0.6) is 0 Å². The van der Waals surface area contributed by atoms with E-state index in [0.29, 0.717) is 0 Å². The number of hydrogen-bond acceptors (Lipinski definition) is 4. The van der Waals surface area contributed by atoms with Crippen LogP contribution >= 0.6 is 11.3 Å². The number of nitrogens with zero attached hydrogens (tertiary/aromatic N) is 2. The highest BCUT2D eigenvalue weighted by atomic mass is 32.1. The van der Waals surface area contributed by atoms with E-state index in [-0.39, 0.29) is 11.3 Å². The molecular weight excluding hydrogens is 344 g/mol. The van der Waals surface area contributed by atoms with E-state index < -0.39 is 0 Å².